The van der Waals surface area contributed by atoms with Gasteiger partial charge in [-0.15, -0.1) is 0 Å². The molecule has 0 bridgehead atoms. The Morgan fingerprint density at radius 1 is 1.14 bits per heavy atom. The number of ether oxygens (including phenoxy) is 2. The highest BCUT2D eigenvalue weighted by Crippen LogP contribution is 2.35. The Balaban J connectivity index is 1.74. The van der Waals surface area contributed by atoms with Crippen LogP contribution in [0.25, 0.3) is 0 Å². The summed E-state index contributed by atoms with van der Waals surface area (Å²) in [7, 11) is 3.16. The molecule has 2 amide bonds. The number of thioether (sulfide) groups is 1. The number of methoxy groups -OCH3 is 2. The van der Waals surface area contributed by atoms with Gasteiger partial charge >= 0.3 is 0 Å². The van der Waals surface area contributed by atoms with Gasteiger partial charge in [-0.3, -0.25) is 14.6 Å². The number of aliphatic imine (C=N–C) groups is 1. The summed E-state index contributed by atoms with van der Waals surface area (Å²) in [5.41, 5.74) is 8.40. The number of rotatable bonds is 9. The second-order valence-corrected chi connectivity index (χ2v) is 9.97. The van der Waals surface area contributed by atoms with Gasteiger partial charge in [0.05, 0.1) is 25.5 Å². The fourth-order valence-electron chi connectivity index (χ4n) is 3.45. The minimum absolute atomic E-state index is 0.0649. The molecule has 1 heterocycles. The summed E-state index contributed by atoms with van der Waals surface area (Å²) in [5.74, 6) is 0.596. The van der Waals surface area contributed by atoms with Gasteiger partial charge in [0.2, 0.25) is 5.91 Å². The zero-order valence-electron chi connectivity index (χ0n) is 20.1. The van der Waals surface area contributed by atoms with Gasteiger partial charge in [0.25, 0.3) is 5.91 Å². The number of halogens is 1. The summed E-state index contributed by atoms with van der Waals surface area (Å²) >= 11 is 4.61. The highest BCUT2D eigenvalue weighted by atomic mass is 79.9. The molecule has 0 fully saturated rings. The van der Waals surface area contributed by atoms with E-state index in [1.165, 1.54) is 11.8 Å². The van der Waals surface area contributed by atoms with E-state index >= 15 is 0 Å². The van der Waals surface area contributed by atoms with E-state index in [0.29, 0.717) is 35.2 Å². The first kappa shape index (κ1) is 26.6. The van der Waals surface area contributed by atoms with Crippen LogP contribution < -0.4 is 25.8 Å². The number of para-hydroxylation sites is 1. The van der Waals surface area contributed by atoms with Crippen molar-refractivity contribution in [1.29, 1.82) is 0 Å². The van der Waals surface area contributed by atoms with Crippen LogP contribution in [0.1, 0.15) is 19.4 Å². The van der Waals surface area contributed by atoms with E-state index in [0.717, 1.165) is 10.0 Å². The van der Waals surface area contributed by atoms with Gasteiger partial charge in [-0.25, -0.2) is 0 Å². The molecule has 10 heteroatoms. The summed E-state index contributed by atoms with van der Waals surface area (Å²) in [6, 6.07) is 12.8. The second kappa shape index (κ2) is 12.1. The van der Waals surface area contributed by atoms with Crippen molar-refractivity contribution in [1.82, 2.24) is 5.32 Å². The lowest BCUT2D eigenvalue weighted by atomic mass is 10.1. The summed E-state index contributed by atoms with van der Waals surface area (Å²) in [5, 5.41) is 5.49. The smallest absolute Gasteiger partial charge is 0.255 e. The van der Waals surface area contributed by atoms with Gasteiger partial charge in [0.15, 0.2) is 11.5 Å². The average molecular weight is 562 g/mol. The minimum Gasteiger partial charge on any atom is -0.493 e. The molecule has 3 rings (SSSR count). The van der Waals surface area contributed by atoms with Crippen molar-refractivity contribution in [2.45, 2.75) is 31.6 Å². The predicted octanol–water partition coefficient (Wildman–Crippen LogP) is 3.90. The average Bonchev–Trinajstić information content (AvgIpc) is 3.15. The Kier molecular flexibility index (Phi) is 9.22. The van der Waals surface area contributed by atoms with Gasteiger partial charge in [0, 0.05) is 22.8 Å². The Morgan fingerprint density at radius 2 is 1.86 bits per heavy atom. The maximum atomic E-state index is 13.1. The fourth-order valence-corrected chi connectivity index (χ4v) is 5.06. The van der Waals surface area contributed by atoms with Crippen LogP contribution in [0.3, 0.4) is 0 Å². The molecule has 186 valence electrons. The normalized spacial score (nSPS) is 16.5. The van der Waals surface area contributed by atoms with Crippen LogP contribution in [-0.4, -0.2) is 48.9 Å². The topological polar surface area (TPSA) is 115 Å². The molecule has 0 aliphatic carbocycles. The number of hydrogen-bond acceptors (Lipinski definition) is 7. The Hall–Kier alpha value is -2.98. The highest BCUT2D eigenvalue weighted by Gasteiger charge is 2.38. The van der Waals surface area contributed by atoms with Gasteiger partial charge < -0.3 is 25.8 Å². The molecule has 0 aromatic heterocycles. The molecular weight excluding hydrogens is 532 g/mol. The number of amides is 2. The van der Waals surface area contributed by atoms with Crippen LogP contribution >= 0.6 is 27.7 Å². The molecule has 2 aromatic carbocycles. The zero-order valence-corrected chi connectivity index (χ0v) is 22.5. The molecule has 0 radical (unpaired) electrons. The number of nitrogens with one attached hydrogen (secondary N) is 2. The van der Waals surface area contributed by atoms with Gasteiger partial charge in [-0.05, 0) is 66.0 Å². The molecule has 4 N–H and O–H groups in total. The molecule has 2 aromatic rings. The third-order valence-electron chi connectivity index (χ3n) is 5.13. The standard InChI is InChI=1S/C25H29BrN4O4S/c1-14(2)29-25-20(21(27)22(35-25)24(32)30-17-8-6-5-7-16(17)26)23(31)28-12-11-15-9-10-18(33-3)19(13-15)34-4/h5-10,13-14,22H,11-12,27H2,1-4H3,(H,28,31)(H,30,32). The molecule has 35 heavy (non-hydrogen) atoms. The molecular formula is C25H29BrN4O4S. The molecule has 0 saturated carbocycles. The molecule has 1 unspecified atom stereocenters. The van der Waals surface area contributed by atoms with Crippen LogP contribution in [0, 0.1) is 0 Å². The van der Waals surface area contributed by atoms with Crippen LogP contribution in [-0.2, 0) is 16.0 Å². The fraction of sp³-hybridized carbons (Fsp3) is 0.320. The van der Waals surface area contributed by atoms with Crippen molar-refractivity contribution >= 4 is 50.2 Å². The zero-order chi connectivity index (χ0) is 25.5. The van der Waals surface area contributed by atoms with E-state index in [4.69, 9.17) is 15.2 Å². The number of benzene rings is 2. The number of carbonyl (C=O) groups is 2. The van der Waals surface area contributed by atoms with Crippen LogP contribution in [0.4, 0.5) is 5.69 Å². The van der Waals surface area contributed by atoms with Crippen molar-refractivity contribution in [2.75, 3.05) is 26.1 Å². The lowest BCUT2D eigenvalue weighted by Gasteiger charge is -2.12. The molecule has 8 nitrogen and oxygen atoms in total. The maximum Gasteiger partial charge on any atom is 0.255 e. The number of hydrogen-bond donors (Lipinski definition) is 3. The van der Waals surface area contributed by atoms with Crippen molar-refractivity contribution < 1.29 is 19.1 Å². The van der Waals surface area contributed by atoms with Crippen molar-refractivity contribution in [3.63, 3.8) is 0 Å². The summed E-state index contributed by atoms with van der Waals surface area (Å²) in [4.78, 5) is 30.7. The third-order valence-corrected chi connectivity index (χ3v) is 7.06. The predicted molar refractivity (Wildman–Crippen MR) is 144 cm³/mol. The van der Waals surface area contributed by atoms with Gasteiger partial charge in [-0.1, -0.05) is 30.0 Å². The van der Waals surface area contributed by atoms with Gasteiger partial charge in [0.1, 0.15) is 10.3 Å². The van der Waals surface area contributed by atoms with Crippen molar-refractivity contribution in [3.8, 4) is 11.5 Å². The van der Waals surface area contributed by atoms with Crippen LogP contribution in [0.5, 0.6) is 11.5 Å². The van der Waals surface area contributed by atoms with Crippen molar-refractivity contribution in [2.24, 2.45) is 10.7 Å². The van der Waals surface area contributed by atoms with E-state index in [1.54, 1.807) is 20.3 Å². The number of nitrogens with zero attached hydrogens (tertiary/aromatic N) is 1. The lowest BCUT2D eigenvalue weighted by molar-refractivity contribution is -0.117. The number of carbonyl (C=O) groups excluding carboxylic acids is 2. The van der Waals surface area contributed by atoms with E-state index in [2.05, 4.69) is 31.6 Å². The first-order valence-electron chi connectivity index (χ1n) is 11.0. The summed E-state index contributed by atoms with van der Waals surface area (Å²) in [6.45, 7) is 4.19. The van der Waals surface area contributed by atoms with Gasteiger partial charge in [-0.2, -0.15) is 0 Å². The highest BCUT2D eigenvalue weighted by molar-refractivity contribution is 9.10. The number of anilines is 1. The SMILES string of the molecule is COc1ccc(CCNC(=O)C2=C(N)C(C(=O)Nc3ccccc3Br)SC2=NC(C)C)cc1OC. The first-order chi connectivity index (χ1) is 16.7. The molecule has 1 atom stereocenters. The lowest BCUT2D eigenvalue weighted by Crippen LogP contribution is -2.32. The van der Waals surface area contributed by atoms with E-state index in [1.807, 2.05) is 50.2 Å². The summed E-state index contributed by atoms with van der Waals surface area (Å²) < 4.78 is 11.4. The molecule has 0 saturated heterocycles. The maximum absolute atomic E-state index is 13.1. The Labute approximate surface area is 217 Å². The number of nitrogens with two attached hydrogens (primary N) is 1. The second-order valence-electron chi connectivity index (χ2n) is 8.02. The van der Waals surface area contributed by atoms with Crippen LogP contribution in [0.2, 0.25) is 0 Å². The molecule has 0 spiro atoms. The Morgan fingerprint density at radius 3 is 2.51 bits per heavy atom. The third kappa shape index (κ3) is 6.58. The van der Waals surface area contributed by atoms with E-state index in [9.17, 15) is 9.59 Å². The van der Waals surface area contributed by atoms with Crippen LogP contribution in [0.15, 0.2) is 63.2 Å². The first-order valence-corrected chi connectivity index (χ1v) is 12.7. The monoisotopic (exact) mass is 560 g/mol. The minimum atomic E-state index is -0.758. The quantitative estimate of drug-likeness (QED) is 0.428. The van der Waals surface area contributed by atoms with Crippen molar-refractivity contribution in [3.05, 3.63) is 63.8 Å². The molecule has 1 aliphatic heterocycles. The van der Waals surface area contributed by atoms with E-state index < -0.39 is 5.25 Å². The summed E-state index contributed by atoms with van der Waals surface area (Å²) in [6.07, 6.45) is 0.578. The Bertz CT molecular complexity index is 1170. The molecule has 1 aliphatic rings. The largest absolute Gasteiger partial charge is 0.493 e. The van der Waals surface area contributed by atoms with E-state index in [-0.39, 0.29) is 29.1 Å².